The highest BCUT2D eigenvalue weighted by atomic mass is 127. The monoisotopic (exact) mass is 529 g/mol. The fourth-order valence-corrected chi connectivity index (χ4v) is 4.28. The average Bonchev–Trinajstić information content (AvgIpc) is 2.73. The molecule has 7 heteroatoms. The number of guanidine groups is 1. The number of halogens is 1. The van der Waals surface area contributed by atoms with E-state index >= 15 is 0 Å². The third-order valence-corrected chi connectivity index (χ3v) is 6.33. The maximum atomic E-state index is 6.14. The van der Waals surface area contributed by atoms with Crippen LogP contribution >= 0.6 is 24.0 Å². The van der Waals surface area contributed by atoms with Crippen molar-refractivity contribution in [2.45, 2.75) is 84.0 Å². The van der Waals surface area contributed by atoms with Crippen LogP contribution in [0.25, 0.3) is 0 Å². The van der Waals surface area contributed by atoms with Crippen molar-refractivity contribution in [3.05, 3.63) is 23.9 Å². The van der Waals surface area contributed by atoms with Crippen molar-refractivity contribution < 1.29 is 4.74 Å². The molecule has 30 heavy (non-hydrogen) atoms. The van der Waals surface area contributed by atoms with Crippen LogP contribution in [0, 0.1) is 5.92 Å². The van der Waals surface area contributed by atoms with Gasteiger partial charge in [0.1, 0.15) is 6.10 Å². The number of nitrogens with one attached hydrogen (secondary N) is 2. The molecule has 1 saturated heterocycles. The summed E-state index contributed by atoms with van der Waals surface area (Å²) in [6.45, 7) is 9.89. The van der Waals surface area contributed by atoms with Gasteiger partial charge in [0.2, 0.25) is 5.88 Å². The number of rotatable bonds is 6. The van der Waals surface area contributed by atoms with Crippen LogP contribution in [0.2, 0.25) is 0 Å². The lowest BCUT2D eigenvalue weighted by Crippen LogP contribution is -2.49. The second-order valence-corrected chi connectivity index (χ2v) is 8.98. The molecular formula is C23H40IN5O. The molecule has 0 radical (unpaired) electrons. The van der Waals surface area contributed by atoms with Gasteiger partial charge in [-0.05, 0) is 69.9 Å². The van der Waals surface area contributed by atoms with E-state index in [1.807, 2.05) is 19.3 Å². The molecule has 170 valence electrons. The lowest BCUT2D eigenvalue weighted by atomic mass is 9.89. The van der Waals surface area contributed by atoms with Gasteiger partial charge in [0.05, 0.1) is 0 Å². The van der Waals surface area contributed by atoms with Crippen molar-refractivity contribution in [1.82, 2.24) is 20.5 Å². The van der Waals surface area contributed by atoms with Gasteiger partial charge in [-0.3, -0.25) is 4.99 Å². The molecule has 1 aromatic rings. The van der Waals surface area contributed by atoms with Gasteiger partial charge in [-0.1, -0.05) is 6.92 Å². The normalized spacial score (nSPS) is 23.7. The Morgan fingerprint density at radius 1 is 1.20 bits per heavy atom. The first-order chi connectivity index (χ1) is 14.0. The van der Waals surface area contributed by atoms with Crippen LogP contribution in [0.5, 0.6) is 5.88 Å². The highest BCUT2D eigenvalue weighted by Gasteiger charge is 2.22. The number of aromatic nitrogens is 1. The molecule has 2 fully saturated rings. The second kappa shape index (κ2) is 12.7. The molecule has 0 amide bonds. The van der Waals surface area contributed by atoms with Gasteiger partial charge >= 0.3 is 0 Å². The van der Waals surface area contributed by atoms with E-state index in [0.29, 0.717) is 24.7 Å². The zero-order chi connectivity index (χ0) is 20.6. The minimum atomic E-state index is 0. The van der Waals surface area contributed by atoms with E-state index in [-0.39, 0.29) is 24.0 Å². The Bertz CT molecular complexity index is 653. The van der Waals surface area contributed by atoms with Gasteiger partial charge in [-0.15, -0.1) is 24.0 Å². The number of hydrogen-bond donors (Lipinski definition) is 2. The van der Waals surface area contributed by atoms with Crippen LogP contribution in [-0.4, -0.2) is 54.2 Å². The molecule has 2 heterocycles. The summed E-state index contributed by atoms with van der Waals surface area (Å²) in [5.74, 6) is 2.44. The van der Waals surface area contributed by atoms with Crippen molar-refractivity contribution >= 4 is 29.9 Å². The van der Waals surface area contributed by atoms with Gasteiger partial charge in [0, 0.05) is 51.0 Å². The summed E-state index contributed by atoms with van der Waals surface area (Å²) in [5, 5.41) is 7.03. The van der Waals surface area contributed by atoms with Gasteiger partial charge in [0.15, 0.2) is 5.96 Å². The zero-order valence-electron chi connectivity index (χ0n) is 19.1. The summed E-state index contributed by atoms with van der Waals surface area (Å²) < 4.78 is 6.14. The summed E-state index contributed by atoms with van der Waals surface area (Å²) in [6, 6.07) is 5.21. The smallest absolute Gasteiger partial charge is 0.213 e. The summed E-state index contributed by atoms with van der Waals surface area (Å²) in [6.07, 6.45) is 9.25. The standard InChI is InChI=1S/C23H39N5O.HI/c1-17(2)28-13-10-20(11-14-28)27-23(24-4)26-16-19-9-12-25-22(15-19)29-21-7-5-18(3)6-8-21;/h9,12,15,17-18,20-21H,5-8,10-11,13-14,16H2,1-4H3,(H2,24,26,27);1H. The van der Waals surface area contributed by atoms with Crippen LogP contribution in [0.15, 0.2) is 23.3 Å². The van der Waals surface area contributed by atoms with Gasteiger partial charge in [-0.2, -0.15) is 0 Å². The lowest BCUT2D eigenvalue weighted by molar-refractivity contribution is 0.130. The van der Waals surface area contributed by atoms with E-state index in [1.54, 1.807) is 0 Å². The molecular weight excluding hydrogens is 489 g/mol. The topological polar surface area (TPSA) is 61.8 Å². The largest absolute Gasteiger partial charge is 0.474 e. The fourth-order valence-electron chi connectivity index (χ4n) is 4.28. The minimum Gasteiger partial charge on any atom is -0.474 e. The highest BCUT2D eigenvalue weighted by Crippen LogP contribution is 2.26. The molecule has 0 unspecified atom stereocenters. The quantitative estimate of drug-likeness (QED) is 0.329. The van der Waals surface area contributed by atoms with Gasteiger partial charge < -0.3 is 20.3 Å². The van der Waals surface area contributed by atoms with Gasteiger partial charge in [0.25, 0.3) is 0 Å². The molecule has 1 aliphatic heterocycles. The highest BCUT2D eigenvalue weighted by molar-refractivity contribution is 14.0. The Hall–Kier alpha value is -1.09. The van der Waals surface area contributed by atoms with E-state index in [4.69, 9.17) is 4.74 Å². The predicted molar refractivity (Wildman–Crippen MR) is 135 cm³/mol. The van der Waals surface area contributed by atoms with Crippen LogP contribution in [0.3, 0.4) is 0 Å². The lowest BCUT2D eigenvalue weighted by Gasteiger charge is -2.35. The summed E-state index contributed by atoms with van der Waals surface area (Å²) in [5.41, 5.74) is 1.16. The van der Waals surface area contributed by atoms with Crippen molar-refractivity contribution in [3.8, 4) is 5.88 Å². The van der Waals surface area contributed by atoms with Gasteiger partial charge in [-0.25, -0.2) is 4.98 Å². The molecule has 1 saturated carbocycles. The van der Waals surface area contributed by atoms with E-state index < -0.39 is 0 Å². The molecule has 0 bridgehead atoms. The molecule has 0 aromatic carbocycles. The third kappa shape index (κ3) is 7.87. The number of piperidine rings is 1. The molecule has 0 spiro atoms. The van der Waals surface area contributed by atoms with E-state index in [9.17, 15) is 0 Å². The Balaban J connectivity index is 0.00000320. The molecule has 2 N–H and O–H groups in total. The number of pyridine rings is 1. The van der Waals surface area contributed by atoms with Crippen molar-refractivity contribution in [2.24, 2.45) is 10.9 Å². The second-order valence-electron chi connectivity index (χ2n) is 8.98. The number of ether oxygens (including phenoxy) is 1. The summed E-state index contributed by atoms with van der Waals surface area (Å²) in [4.78, 5) is 11.4. The first kappa shape index (κ1) is 25.2. The summed E-state index contributed by atoms with van der Waals surface area (Å²) in [7, 11) is 1.84. The maximum absolute atomic E-state index is 6.14. The van der Waals surface area contributed by atoms with Crippen LogP contribution < -0.4 is 15.4 Å². The van der Waals surface area contributed by atoms with Crippen molar-refractivity contribution in [2.75, 3.05) is 20.1 Å². The Labute approximate surface area is 199 Å². The number of nitrogens with zero attached hydrogens (tertiary/aromatic N) is 3. The predicted octanol–water partition coefficient (Wildman–Crippen LogP) is 4.19. The average molecular weight is 530 g/mol. The molecule has 6 nitrogen and oxygen atoms in total. The van der Waals surface area contributed by atoms with Crippen LogP contribution in [-0.2, 0) is 6.54 Å². The molecule has 3 rings (SSSR count). The Morgan fingerprint density at radius 2 is 1.90 bits per heavy atom. The fraction of sp³-hybridized carbons (Fsp3) is 0.739. The molecule has 1 aliphatic carbocycles. The zero-order valence-corrected chi connectivity index (χ0v) is 21.4. The number of hydrogen-bond acceptors (Lipinski definition) is 4. The Kier molecular flexibility index (Phi) is 10.6. The Morgan fingerprint density at radius 3 is 2.53 bits per heavy atom. The van der Waals surface area contributed by atoms with E-state index in [1.165, 1.54) is 12.8 Å². The van der Waals surface area contributed by atoms with E-state index in [2.05, 4.69) is 52.3 Å². The van der Waals surface area contributed by atoms with Crippen molar-refractivity contribution in [1.29, 1.82) is 0 Å². The SMILES string of the molecule is CN=C(NCc1ccnc(OC2CCC(C)CC2)c1)NC1CCN(C(C)C)CC1.I. The number of aliphatic imine (C=N–C) groups is 1. The molecule has 2 aliphatic rings. The molecule has 0 atom stereocenters. The molecule has 1 aromatic heterocycles. The third-order valence-electron chi connectivity index (χ3n) is 6.33. The first-order valence-corrected chi connectivity index (χ1v) is 11.4. The number of likely N-dealkylation sites (tertiary alicyclic amines) is 1. The first-order valence-electron chi connectivity index (χ1n) is 11.4. The van der Waals surface area contributed by atoms with Crippen molar-refractivity contribution in [3.63, 3.8) is 0 Å². The summed E-state index contributed by atoms with van der Waals surface area (Å²) >= 11 is 0. The van der Waals surface area contributed by atoms with Crippen LogP contribution in [0.4, 0.5) is 0 Å². The van der Waals surface area contributed by atoms with Crippen LogP contribution in [0.1, 0.15) is 64.9 Å². The minimum absolute atomic E-state index is 0. The van der Waals surface area contributed by atoms with E-state index in [0.717, 1.165) is 62.1 Å². The maximum Gasteiger partial charge on any atom is 0.213 e.